The quantitative estimate of drug-likeness (QED) is 0.313. The van der Waals surface area contributed by atoms with Crippen LogP contribution in [0.25, 0.3) is 10.9 Å². The number of carboxylic acid groups (broad SMARTS) is 1. The fourth-order valence-corrected chi connectivity index (χ4v) is 6.06. The first-order valence-electron chi connectivity index (χ1n) is 12.1. The molecule has 3 heterocycles. The first-order valence-corrected chi connectivity index (χ1v) is 12.1. The second kappa shape index (κ2) is 8.31. The van der Waals surface area contributed by atoms with Gasteiger partial charge in [-0.05, 0) is 42.3 Å². The Morgan fingerprint density at radius 2 is 1.76 bits per heavy atom. The van der Waals surface area contributed by atoms with Crippen LogP contribution in [0, 0.1) is 18.8 Å². The van der Waals surface area contributed by atoms with E-state index in [4.69, 9.17) is 0 Å². The molecule has 0 radical (unpaired) electrons. The predicted octanol–water partition coefficient (Wildman–Crippen LogP) is 3.70. The van der Waals surface area contributed by atoms with Crippen LogP contribution in [0.4, 0.5) is 5.69 Å². The van der Waals surface area contributed by atoms with Crippen molar-refractivity contribution in [2.45, 2.75) is 24.9 Å². The van der Waals surface area contributed by atoms with Crippen molar-refractivity contribution in [1.82, 2.24) is 10.3 Å². The van der Waals surface area contributed by atoms with Crippen LogP contribution in [-0.2, 0) is 20.8 Å². The van der Waals surface area contributed by atoms with E-state index in [0.29, 0.717) is 11.3 Å². The minimum absolute atomic E-state index is 0.0295. The molecule has 4 aromatic rings. The average Bonchev–Trinajstić information content (AvgIpc) is 3.52. The van der Waals surface area contributed by atoms with E-state index in [-0.39, 0.29) is 12.2 Å². The van der Waals surface area contributed by atoms with Crippen molar-refractivity contribution in [3.8, 4) is 5.75 Å². The minimum atomic E-state index is -1.78. The molecule has 2 amide bonds. The number of aromatic hydroxyl groups is 1. The molecule has 8 nitrogen and oxygen atoms in total. The number of phenols is 1. The molecule has 1 aromatic heterocycles. The number of hydrogen-bond acceptors (Lipinski definition) is 5. The molecular weight excluding hydrogens is 470 g/mol. The maximum atomic E-state index is 14.0. The van der Waals surface area contributed by atoms with Crippen molar-refractivity contribution in [2.75, 3.05) is 4.90 Å². The van der Waals surface area contributed by atoms with Gasteiger partial charge < -0.3 is 15.2 Å². The summed E-state index contributed by atoms with van der Waals surface area (Å²) < 4.78 is 0. The smallest absolute Gasteiger partial charge is 0.325 e. The Bertz CT molecular complexity index is 1580. The highest BCUT2D eigenvalue weighted by molar-refractivity contribution is 6.24. The van der Waals surface area contributed by atoms with Gasteiger partial charge in [0.1, 0.15) is 11.3 Å². The Hall–Kier alpha value is -4.43. The number of benzene rings is 3. The summed E-state index contributed by atoms with van der Waals surface area (Å²) in [6.45, 7) is 1.86. The number of aromatic nitrogens is 1. The lowest BCUT2D eigenvalue weighted by Crippen LogP contribution is -2.57. The second-order valence-electron chi connectivity index (χ2n) is 9.85. The molecule has 186 valence electrons. The Morgan fingerprint density at radius 1 is 1.00 bits per heavy atom. The van der Waals surface area contributed by atoms with E-state index in [9.17, 15) is 24.6 Å². The van der Waals surface area contributed by atoms with Gasteiger partial charge in [-0.3, -0.25) is 19.7 Å². The van der Waals surface area contributed by atoms with E-state index < -0.39 is 41.2 Å². The van der Waals surface area contributed by atoms with Crippen LogP contribution >= 0.6 is 0 Å². The highest BCUT2D eigenvalue weighted by Gasteiger charge is 2.69. The number of anilines is 1. The zero-order chi connectivity index (χ0) is 25.9. The number of phenolic OH excluding ortho intramolecular Hbond substituents is 1. The molecule has 37 heavy (non-hydrogen) atoms. The maximum Gasteiger partial charge on any atom is 0.325 e. The number of carbonyl (C=O) groups excluding carboxylic acids is 2. The Labute approximate surface area is 212 Å². The number of H-pyrrole nitrogens is 1. The lowest BCUT2D eigenvalue weighted by atomic mass is 9.76. The lowest BCUT2D eigenvalue weighted by molar-refractivity contribution is -0.148. The number of hydrogen-bond donors (Lipinski definition) is 4. The summed E-state index contributed by atoms with van der Waals surface area (Å²) in [5.74, 6) is -4.53. The third-order valence-electron chi connectivity index (χ3n) is 7.71. The second-order valence-corrected chi connectivity index (χ2v) is 9.85. The average molecular weight is 496 g/mol. The van der Waals surface area contributed by atoms with Gasteiger partial charge in [-0.1, -0.05) is 48.5 Å². The molecule has 2 fully saturated rings. The van der Waals surface area contributed by atoms with Gasteiger partial charge >= 0.3 is 5.97 Å². The first-order chi connectivity index (χ1) is 17.8. The van der Waals surface area contributed by atoms with Crippen LogP contribution in [0.3, 0.4) is 0 Å². The van der Waals surface area contributed by atoms with Crippen LogP contribution in [0.15, 0.2) is 79.0 Å². The molecule has 2 aliphatic heterocycles. The van der Waals surface area contributed by atoms with Crippen LogP contribution in [0.5, 0.6) is 5.75 Å². The molecule has 0 saturated carbocycles. The van der Waals surface area contributed by atoms with Gasteiger partial charge in [0.05, 0.1) is 17.5 Å². The summed E-state index contributed by atoms with van der Waals surface area (Å²) >= 11 is 0. The molecule has 0 unspecified atom stereocenters. The molecule has 2 aliphatic rings. The van der Waals surface area contributed by atoms with Crippen molar-refractivity contribution in [3.05, 3.63) is 95.7 Å². The molecule has 0 aliphatic carbocycles. The fraction of sp³-hybridized carbons (Fsp3) is 0.207. The van der Waals surface area contributed by atoms with E-state index in [0.717, 1.165) is 26.9 Å². The number of aryl methyl sites for hydroxylation is 1. The first kappa shape index (κ1) is 23.0. The van der Waals surface area contributed by atoms with Crippen molar-refractivity contribution in [3.63, 3.8) is 0 Å². The molecule has 8 heteroatoms. The Kier molecular flexibility index (Phi) is 5.17. The van der Waals surface area contributed by atoms with Gasteiger partial charge in [0.2, 0.25) is 11.8 Å². The number of carbonyl (C=O) groups is 3. The highest BCUT2D eigenvalue weighted by atomic mass is 16.4. The number of imide groups is 1. The zero-order valence-corrected chi connectivity index (χ0v) is 20.0. The minimum Gasteiger partial charge on any atom is -0.508 e. The molecule has 4 atom stereocenters. The monoisotopic (exact) mass is 495 g/mol. The van der Waals surface area contributed by atoms with Crippen molar-refractivity contribution in [1.29, 1.82) is 0 Å². The number of para-hydroxylation sites is 2. The number of fused-ring (bicyclic) bond motifs is 2. The maximum absolute atomic E-state index is 14.0. The third-order valence-corrected chi connectivity index (χ3v) is 7.71. The zero-order valence-electron chi connectivity index (χ0n) is 20.0. The Morgan fingerprint density at radius 3 is 2.51 bits per heavy atom. The molecule has 4 N–H and O–H groups in total. The molecule has 0 bridgehead atoms. The fourth-order valence-electron chi connectivity index (χ4n) is 6.06. The van der Waals surface area contributed by atoms with Crippen LogP contribution in [0.1, 0.15) is 22.7 Å². The number of nitrogens with zero attached hydrogens (tertiary/aromatic N) is 1. The highest BCUT2D eigenvalue weighted by Crippen LogP contribution is 2.52. The number of aromatic amines is 1. The van der Waals surface area contributed by atoms with Crippen LogP contribution in [-0.4, -0.2) is 38.5 Å². The number of aliphatic carboxylic acids is 1. The van der Waals surface area contributed by atoms with Crippen LogP contribution < -0.4 is 10.2 Å². The predicted molar refractivity (Wildman–Crippen MR) is 137 cm³/mol. The summed E-state index contributed by atoms with van der Waals surface area (Å²) in [5.41, 5.74) is 1.44. The van der Waals surface area contributed by atoms with Crippen molar-refractivity contribution >= 4 is 34.4 Å². The van der Waals surface area contributed by atoms with E-state index in [2.05, 4.69) is 10.3 Å². The lowest BCUT2D eigenvalue weighted by Gasteiger charge is -2.31. The summed E-state index contributed by atoms with van der Waals surface area (Å²) in [6, 6.07) is 20.2. The SMILES string of the molecule is Cc1cccc(N2C(=O)[C@@H]3[C@H](c4ccccc4O)N[C@@](Cc4c[nH]c5ccccc45)(C(=O)O)[C@H]3C2=O)c1. The Balaban J connectivity index is 1.53. The largest absolute Gasteiger partial charge is 0.508 e. The number of rotatable bonds is 5. The standard InChI is InChI=1S/C29H25N3O5/c1-16-7-6-8-18(13-16)32-26(34)23-24(27(32)35)29(28(36)37,31-25(23)20-10-3-5-12-22(20)33)14-17-15-30-21-11-4-2-9-19(17)21/h2-13,15,23-25,30-31,33H,14H2,1H3,(H,36,37)/t23-,24+,25-,29+/m0/s1. The van der Waals surface area contributed by atoms with Gasteiger partial charge in [0.15, 0.2) is 0 Å². The van der Waals surface area contributed by atoms with E-state index in [1.54, 1.807) is 42.6 Å². The summed E-state index contributed by atoms with van der Waals surface area (Å²) in [5, 5.41) is 25.4. The summed E-state index contributed by atoms with van der Waals surface area (Å²) in [4.78, 5) is 45.3. The molecule has 6 rings (SSSR count). The van der Waals surface area contributed by atoms with Gasteiger partial charge in [0, 0.05) is 35.1 Å². The number of carboxylic acids is 1. The normalized spacial score (nSPS) is 25.1. The van der Waals surface area contributed by atoms with Gasteiger partial charge in [-0.25, -0.2) is 4.90 Å². The molecule has 3 aromatic carbocycles. The van der Waals surface area contributed by atoms with E-state index in [1.807, 2.05) is 37.3 Å². The number of nitrogens with one attached hydrogen (secondary N) is 2. The topological polar surface area (TPSA) is 123 Å². The van der Waals surface area contributed by atoms with Gasteiger partial charge in [-0.2, -0.15) is 0 Å². The molecular formula is C29H25N3O5. The van der Waals surface area contributed by atoms with Gasteiger partial charge in [-0.15, -0.1) is 0 Å². The molecule has 0 spiro atoms. The molecule has 2 saturated heterocycles. The van der Waals surface area contributed by atoms with Crippen molar-refractivity contribution < 1.29 is 24.6 Å². The summed E-state index contributed by atoms with van der Waals surface area (Å²) in [7, 11) is 0. The van der Waals surface area contributed by atoms with Gasteiger partial charge in [0.25, 0.3) is 0 Å². The van der Waals surface area contributed by atoms with Crippen molar-refractivity contribution in [2.24, 2.45) is 11.8 Å². The van der Waals surface area contributed by atoms with E-state index in [1.165, 1.54) is 6.07 Å². The van der Waals surface area contributed by atoms with Crippen LogP contribution in [0.2, 0.25) is 0 Å². The summed E-state index contributed by atoms with van der Waals surface area (Å²) in [6.07, 6.45) is 1.72. The van der Waals surface area contributed by atoms with E-state index >= 15 is 0 Å². The third kappa shape index (κ3) is 3.37. The number of amides is 2.